The first-order valence-corrected chi connectivity index (χ1v) is 6.38. The van der Waals surface area contributed by atoms with Crippen molar-refractivity contribution in [1.82, 2.24) is 9.88 Å². The third-order valence-electron chi connectivity index (χ3n) is 3.25. The zero-order valence-electron chi connectivity index (χ0n) is 10.6. The van der Waals surface area contributed by atoms with Crippen molar-refractivity contribution in [2.45, 2.75) is 19.9 Å². The molecule has 0 aliphatic carbocycles. The number of nitrogens with one attached hydrogen (secondary N) is 1. The topological polar surface area (TPSA) is 43.3 Å². The van der Waals surface area contributed by atoms with Crippen molar-refractivity contribution < 1.29 is 9.53 Å². The molecule has 1 aliphatic rings. The second-order valence-electron chi connectivity index (χ2n) is 4.65. The predicted octanol–water partition coefficient (Wildman–Crippen LogP) is 1.95. The highest BCUT2D eigenvalue weighted by Crippen LogP contribution is 2.15. The minimum Gasteiger partial charge on any atom is -0.356 e. The summed E-state index contributed by atoms with van der Waals surface area (Å²) in [6.45, 7) is 2.14. The van der Waals surface area contributed by atoms with Gasteiger partial charge in [-0.15, -0.1) is 0 Å². The summed E-state index contributed by atoms with van der Waals surface area (Å²) in [6, 6.07) is 12.0. The van der Waals surface area contributed by atoms with Gasteiger partial charge in [0, 0.05) is 12.7 Å². The fourth-order valence-electron chi connectivity index (χ4n) is 2.34. The van der Waals surface area contributed by atoms with Crippen LogP contribution in [0.3, 0.4) is 0 Å². The molecule has 2 heterocycles. The highest BCUT2D eigenvalue weighted by Gasteiger charge is 2.20. The van der Waals surface area contributed by atoms with Gasteiger partial charge in [-0.05, 0) is 17.2 Å². The largest absolute Gasteiger partial charge is 0.356 e. The minimum atomic E-state index is 0.134. The zero-order chi connectivity index (χ0) is 13.1. The molecular weight excluding hydrogens is 240 g/mol. The van der Waals surface area contributed by atoms with Crippen molar-refractivity contribution in [1.29, 1.82) is 0 Å². The van der Waals surface area contributed by atoms with E-state index in [-0.39, 0.29) is 5.78 Å². The van der Waals surface area contributed by atoms with Gasteiger partial charge in [-0.1, -0.05) is 30.3 Å². The number of aromatic nitrogens is 1. The summed E-state index contributed by atoms with van der Waals surface area (Å²) in [5.41, 5.74) is 2.97. The van der Waals surface area contributed by atoms with Crippen molar-refractivity contribution in [3.8, 4) is 0 Å². The number of fused-ring (bicyclic) bond motifs is 1. The molecule has 3 rings (SSSR count). The Morgan fingerprint density at radius 1 is 1.16 bits per heavy atom. The molecule has 1 aromatic carbocycles. The predicted molar refractivity (Wildman–Crippen MR) is 71.7 cm³/mol. The lowest BCUT2D eigenvalue weighted by atomic mass is 10.1. The van der Waals surface area contributed by atoms with Crippen LogP contribution >= 0.6 is 0 Å². The molecule has 2 aromatic rings. The third-order valence-corrected chi connectivity index (χ3v) is 3.25. The quantitative estimate of drug-likeness (QED) is 0.909. The Labute approximate surface area is 112 Å². The van der Waals surface area contributed by atoms with Crippen molar-refractivity contribution in [2.75, 3.05) is 6.54 Å². The summed E-state index contributed by atoms with van der Waals surface area (Å²) in [5.74, 6) is 0.134. The second kappa shape index (κ2) is 5.38. The van der Waals surface area contributed by atoms with E-state index in [1.165, 1.54) is 0 Å². The maximum absolute atomic E-state index is 11.9. The Balaban J connectivity index is 1.65. The molecule has 1 aromatic heterocycles. The van der Waals surface area contributed by atoms with E-state index in [9.17, 15) is 4.79 Å². The molecule has 0 fully saturated rings. The molecule has 0 unspecified atom stereocenters. The summed E-state index contributed by atoms with van der Waals surface area (Å²) in [7, 11) is 0. The molecule has 4 heteroatoms. The minimum absolute atomic E-state index is 0.134. The van der Waals surface area contributed by atoms with E-state index in [0.717, 1.165) is 23.4 Å². The van der Waals surface area contributed by atoms with Gasteiger partial charge >= 0.3 is 0 Å². The third kappa shape index (κ3) is 2.59. The van der Waals surface area contributed by atoms with E-state index in [1.807, 2.05) is 47.2 Å². The molecule has 98 valence electrons. The monoisotopic (exact) mass is 256 g/mol. The molecule has 19 heavy (non-hydrogen) atoms. The number of ether oxygens (including phenoxy) is 1. The lowest BCUT2D eigenvalue weighted by Crippen LogP contribution is -2.31. The van der Waals surface area contributed by atoms with E-state index < -0.39 is 0 Å². The van der Waals surface area contributed by atoms with Gasteiger partial charge < -0.3 is 14.6 Å². The molecule has 1 aliphatic heterocycles. The summed E-state index contributed by atoms with van der Waals surface area (Å²) in [6.07, 6.45) is 1.92. The summed E-state index contributed by atoms with van der Waals surface area (Å²) in [5, 5.41) is 3.08. The van der Waals surface area contributed by atoms with Gasteiger partial charge in [-0.2, -0.15) is 0 Å². The first-order valence-electron chi connectivity index (χ1n) is 6.38. The van der Waals surface area contributed by atoms with Crippen LogP contribution in [0.25, 0.3) is 0 Å². The van der Waals surface area contributed by atoms with Crippen molar-refractivity contribution in [2.24, 2.45) is 0 Å². The summed E-state index contributed by atoms with van der Waals surface area (Å²) in [4.78, 5) is 11.9. The fourth-order valence-corrected chi connectivity index (χ4v) is 2.34. The Morgan fingerprint density at radius 2 is 2.00 bits per heavy atom. The van der Waals surface area contributed by atoms with E-state index in [4.69, 9.17) is 4.74 Å². The number of carbonyl (C=O) groups excluding carboxylic acids is 1. The van der Waals surface area contributed by atoms with Crippen LogP contribution < -0.4 is 5.32 Å². The standard InChI is InChI=1S/C15H16N2O2/c18-14-9-16-8-13-6-7-17(15(13)14)11-19-10-12-4-2-1-3-5-12/h1-7,16H,8-11H2. The number of hydrogen-bond acceptors (Lipinski definition) is 3. The maximum atomic E-state index is 11.9. The van der Waals surface area contributed by atoms with Crippen LogP contribution in [0.1, 0.15) is 21.6 Å². The molecule has 0 atom stereocenters. The Bertz CT molecular complexity index is 575. The number of hydrogen-bond donors (Lipinski definition) is 1. The average Bonchev–Trinajstić information content (AvgIpc) is 2.85. The van der Waals surface area contributed by atoms with E-state index in [2.05, 4.69) is 5.32 Å². The van der Waals surface area contributed by atoms with E-state index in [1.54, 1.807) is 0 Å². The maximum Gasteiger partial charge on any atom is 0.193 e. The van der Waals surface area contributed by atoms with Gasteiger partial charge in [0.05, 0.1) is 18.8 Å². The molecule has 1 N–H and O–H groups in total. The molecule has 0 saturated heterocycles. The van der Waals surface area contributed by atoms with Gasteiger partial charge in [-0.25, -0.2) is 0 Å². The van der Waals surface area contributed by atoms with Gasteiger partial charge in [-0.3, -0.25) is 4.79 Å². The van der Waals surface area contributed by atoms with Crippen molar-refractivity contribution in [3.05, 3.63) is 59.4 Å². The molecule has 0 spiro atoms. The number of carbonyl (C=O) groups is 1. The van der Waals surface area contributed by atoms with Gasteiger partial charge in [0.1, 0.15) is 6.73 Å². The number of Topliss-reactive ketones (excluding diaryl/α,β-unsaturated/α-hetero) is 1. The Kier molecular flexibility index (Phi) is 3.44. The molecule has 0 amide bonds. The average molecular weight is 256 g/mol. The van der Waals surface area contributed by atoms with E-state index >= 15 is 0 Å². The summed E-state index contributed by atoms with van der Waals surface area (Å²) < 4.78 is 7.56. The first-order chi connectivity index (χ1) is 9.34. The Morgan fingerprint density at radius 3 is 2.84 bits per heavy atom. The van der Waals surface area contributed by atoms with Crippen molar-refractivity contribution in [3.63, 3.8) is 0 Å². The lowest BCUT2D eigenvalue weighted by Gasteiger charge is -2.15. The fraction of sp³-hybridized carbons (Fsp3) is 0.267. The molecular formula is C15H16N2O2. The van der Waals surface area contributed by atoms with Crippen LogP contribution in [0, 0.1) is 0 Å². The number of benzene rings is 1. The van der Waals surface area contributed by atoms with Crippen LogP contribution in [-0.2, 0) is 24.6 Å². The number of ketones is 1. The van der Waals surface area contributed by atoms with Crippen molar-refractivity contribution >= 4 is 5.78 Å². The number of nitrogens with zero attached hydrogens (tertiary/aromatic N) is 1. The molecule has 0 saturated carbocycles. The second-order valence-corrected chi connectivity index (χ2v) is 4.65. The Hall–Kier alpha value is -1.91. The van der Waals surface area contributed by atoms with Gasteiger partial charge in [0.15, 0.2) is 5.78 Å². The van der Waals surface area contributed by atoms with Crippen LogP contribution in [-0.4, -0.2) is 16.9 Å². The normalized spacial score (nSPS) is 14.4. The highest BCUT2D eigenvalue weighted by molar-refractivity contribution is 5.98. The van der Waals surface area contributed by atoms with Gasteiger partial charge in [0.25, 0.3) is 0 Å². The lowest BCUT2D eigenvalue weighted by molar-refractivity contribution is 0.0607. The van der Waals surface area contributed by atoms with Gasteiger partial charge in [0.2, 0.25) is 0 Å². The zero-order valence-corrected chi connectivity index (χ0v) is 10.6. The first kappa shape index (κ1) is 12.1. The van der Waals surface area contributed by atoms with Crippen LogP contribution in [0.2, 0.25) is 0 Å². The van der Waals surface area contributed by atoms with Crippen LogP contribution in [0.4, 0.5) is 0 Å². The molecule has 0 radical (unpaired) electrons. The summed E-state index contributed by atoms with van der Waals surface area (Å²) >= 11 is 0. The van der Waals surface area contributed by atoms with Crippen LogP contribution in [0.15, 0.2) is 42.6 Å². The van der Waals surface area contributed by atoms with E-state index in [0.29, 0.717) is 19.9 Å². The smallest absolute Gasteiger partial charge is 0.193 e. The van der Waals surface area contributed by atoms with Crippen LogP contribution in [0.5, 0.6) is 0 Å². The number of rotatable bonds is 4. The highest BCUT2D eigenvalue weighted by atomic mass is 16.5. The molecule has 4 nitrogen and oxygen atoms in total. The molecule has 0 bridgehead atoms. The SMILES string of the molecule is O=C1CNCc2ccn(COCc3ccccc3)c21.